The van der Waals surface area contributed by atoms with Gasteiger partial charge in [-0.15, -0.1) is 0 Å². The number of hydrogen-bond acceptors (Lipinski definition) is 6. The van der Waals surface area contributed by atoms with E-state index in [1.807, 2.05) is 24.3 Å². The molecule has 3 N–H and O–H groups in total. The molecule has 0 unspecified atom stereocenters. The third-order valence-electron chi connectivity index (χ3n) is 5.53. The summed E-state index contributed by atoms with van der Waals surface area (Å²) in [5.41, 5.74) is 2.66. The highest BCUT2D eigenvalue weighted by atomic mass is 35.5. The van der Waals surface area contributed by atoms with Crippen molar-refractivity contribution in [1.29, 1.82) is 0 Å². The number of carbonyl (C=O) groups excluding carboxylic acids is 2. The Labute approximate surface area is 208 Å². The maximum Gasteiger partial charge on any atom is 0.251 e. The van der Waals surface area contributed by atoms with Gasteiger partial charge >= 0.3 is 0 Å². The van der Waals surface area contributed by atoms with Crippen LogP contribution in [0.2, 0.25) is 5.02 Å². The zero-order valence-corrected chi connectivity index (χ0v) is 20.4. The molecule has 0 aromatic heterocycles. The summed E-state index contributed by atoms with van der Waals surface area (Å²) in [4.78, 5) is 25.3. The summed E-state index contributed by atoms with van der Waals surface area (Å²) < 4.78 is 30.6. The van der Waals surface area contributed by atoms with E-state index in [1.165, 1.54) is 0 Å². The molecule has 1 atom stereocenters. The number of sulfone groups is 1. The molecule has 0 saturated carbocycles. The Morgan fingerprint density at radius 2 is 1.86 bits per heavy atom. The first-order chi connectivity index (χ1) is 16.7. The largest absolute Gasteiger partial charge is 0.497 e. The standard InChI is InChI=1S/C25H24ClN3O5S/c1-34-19-7-4-5-16(11-19)13-27-24(30)17-9-10-21-22(12-17)29-25(31)23(28-21)15-35(32,33)14-18-6-2-3-8-20(18)26/h2-12,23,28H,13-15H2,1H3,(H,27,30)(H,29,31)/t23-/m1/s1. The van der Waals surface area contributed by atoms with E-state index in [2.05, 4.69) is 16.0 Å². The molecular formula is C25H24ClN3O5S. The van der Waals surface area contributed by atoms with E-state index in [1.54, 1.807) is 49.6 Å². The van der Waals surface area contributed by atoms with E-state index >= 15 is 0 Å². The molecule has 2 amide bonds. The molecule has 182 valence electrons. The molecule has 3 aromatic carbocycles. The Morgan fingerprint density at radius 1 is 1.06 bits per heavy atom. The van der Waals surface area contributed by atoms with Crippen LogP contribution in [0.4, 0.5) is 11.4 Å². The number of ether oxygens (including phenoxy) is 1. The lowest BCUT2D eigenvalue weighted by atomic mass is 10.1. The molecule has 35 heavy (non-hydrogen) atoms. The van der Waals surface area contributed by atoms with Crippen LogP contribution in [0.25, 0.3) is 0 Å². The third-order valence-corrected chi connectivity index (χ3v) is 7.49. The van der Waals surface area contributed by atoms with Gasteiger partial charge in [0.25, 0.3) is 5.91 Å². The van der Waals surface area contributed by atoms with Gasteiger partial charge < -0.3 is 20.7 Å². The first kappa shape index (κ1) is 24.6. The van der Waals surface area contributed by atoms with Crippen LogP contribution in [0.3, 0.4) is 0 Å². The second-order valence-electron chi connectivity index (χ2n) is 8.13. The molecule has 1 heterocycles. The van der Waals surface area contributed by atoms with Gasteiger partial charge in [0, 0.05) is 17.1 Å². The van der Waals surface area contributed by atoms with Crippen molar-refractivity contribution in [2.24, 2.45) is 0 Å². The summed E-state index contributed by atoms with van der Waals surface area (Å²) in [6, 6.07) is 17.9. The maximum atomic E-state index is 12.7. The quantitative estimate of drug-likeness (QED) is 0.424. The van der Waals surface area contributed by atoms with E-state index in [9.17, 15) is 18.0 Å². The Balaban J connectivity index is 1.41. The van der Waals surface area contributed by atoms with Crippen LogP contribution in [0.1, 0.15) is 21.5 Å². The van der Waals surface area contributed by atoms with Crippen LogP contribution < -0.4 is 20.7 Å². The average Bonchev–Trinajstić information content (AvgIpc) is 2.84. The number of anilines is 2. The molecule has 0 spiro atoms. The Morgan fingerprint density at radius 3 is 2.63 bits per heavy atom. The van der Waals surface area contributed by atoms with Gasteiger partial charge in [-0.3, -0.25) is 9.59 Å². The summed E-state index contributed by atoms with van der Waals surface area (Å²) in [6.45, 7) is 0.309. The molecule has 4 rings (SSSR count). The van der Waals surface area contributed by atoms with Crippen molar-refractivity contribution in [3.05, 3.63) is 88.4 Å². The number of hydrogen-bond donors (Lipinski definition) is 3. The fourth-order valence-electron chi connectivity index (χ4n) is 3.74. The van der Waals surface area contributed by atoms with E-state index in [0.717, 1.165) is 5.56 Å². The predicted molar refractivity (Wildman–Crippen MR) is 136 cm³/mol. The van der Waals surface area contributed by atoms with Gasteiger partial charge in [-0.2, -0.15) is 0 Å². The lowest BCUT2D eigenvalue weighted by Crippen LogP contribution is -2.43. The van der Waals surface area contributed by atoms with Gasteiger partial charge in [-0.25, -0.2) is 8.42 Å². The van der Waals surface area contributed by atoms with Crippen molar-refractivity contribution >= 4 is 44.6 Å². The van der Waals surface area contributed by atoms with Crippen LogP contribution in [0.15, 0.2) is 66.7 Å². The lowest BCUT2D eigenvalue weighted by molar-refractivity contribution is -0.116. The second-order valence-corrected chi connectivity index (χ2v) is 10.6. The minimum absolute atomic E-state index is 0.266. The minimum atomic E-state index is -3.63. The van der Waals surface area contributed by atoms with Crippen molar-refractivity contribution in [2.45, 2.75) is 18.3 Å². The van der Waals surface area contributed by atoms with E-state index < -0.39 is 27.5 Å². The monoisotopic (exact) mass is 513 g/mol. The van der Waals surface area contributed by atoms with Gasteiger partial charge in [0.2, 0.25) is 5.91 Å². The molecule has 8 nitrogen and oxygen atoms in total. The smallest absolute Gasteiger partial charge is 0.251 e. The Bertz CT molecular complexity index is 1380. The molecule has 0 radical (unpaired) electrons. The first-order valence-electron chi connectivity index (χ1n) is 10.8. The summed E-state index contributed by atoms with van der Waals surface area (Å²) in [5, 5.41) is 8.87. The Kier molecular flexibility index (Phi) is 7.28. The van der Waals surface area contributed by atoms with Gasteiger partial charge in [0.15, 0.2) is 9.84 Å². The van der Waals surface area contributed by atoms with Crippen LogP contribution >= 0.6 is 11.6 Å². The highest BCUT2D eigenvalue weighted by molar-refractivity contribution is 7.90. The first-order valence-corrected chi connectivity index (χ1v) is 13.0. The average molecular weight is 514 g/mol. The van der Waals surface area contributed by atoms with Crippen molar-refractivity contribution in [1.82, 2.24) is 5.32 Å². The molecule has 1 aliphatic heterocycles. The van der Waals surface area contributed by atoms with Gasteiger partial charge in [-0.1, -0.05) is 41.9 Å². The topological polar surface area (TPSA) is 114 Å². The number of carbonyl (C=O) groups is 2. The predicted octanol–water partition coefficient (Wildman–Crippen LogP) is 3.63. The van der Waals surface area contributed by atoms with Gasteiger partial charge in [-0.05, 0) is 47.5 Å². The SMILES string of the molecule is COc1cccc(CNC(=O)c2ccc3c(c2)NC(=O)[C@@H](CS(=O)(=O)Cc2ccccc2Cl)N3)c1. The zero-order chi connectivity index (χ0) is 25.0. The van der Waals surface area contributed by atoms with E-state index in [0.29, 0.717) is 39.8 Å². The lowest BCUT2D eigenvalue weighted by Gasteiger charge is -2.27. The fourth-order valence-corrected chi connectivity index (χ4v) is 5.61. The second kappa shape index (κ2) is 10.4. The van der Waals surface area contributed by atoms with Crippen LogP contribution in [-0.4, -0.2) is 39.1 Å². The highest BCUT2D eigenvalue weighted by Crippen LogP contribution is 2.29. The molecular weight excluding hydrogens is 490 g/mol. The molecule has 10 heteroatoms. The molecule has 0 fully saturated rings. The number of amides is 2. The van der Waals surface area contributed by atoms with Crippen molar-refractivity contribution < 1.29 is 22.7 Å². The van der Waals surface area contributed by atoms with Crippen LogP contribution in [-0.2, 0) is 26.9 Å². The summed E-state index contributed by atoms with van der Waals surface area (Å²) in [5.74, 6) is -0.768. The summed E-state index contributed by atoms with van der Waals surface area (Å²) in [7, 11) is -2.06. The maximum absolute atomic E-state index is 12.7. The number of halogens is 1. The number of rotatable bonds is 8. The van der Waals surface area contributed by atoms with Gasteiger partial charge in [0.05, 0.1) is 30.0 Å². The number of benzene rings is 3. The van der Waals surface area contributed by atoms with Crippen LogP contribution in [0, 0.1) is 0 Å². The van der Waals surface area contributed by atoms with Crippen molar-refractivity contribution in [3.8, 4) is 5.75 Å². The fraction of sp³-hybridized carbons (Fsp3) is 0.200. The third kappa shape index (κ3) is 6.12. The Hall–Kier alpha value is -3.56. The van der Waals surface area contributed by atoms with Crippen molar-refractivity contribution in [3.63, 3.8) is 0 Å². The van der Waals surface area contributed by atoms with Gasteiger partial charge in [0.1, 0.15) is 11.8 Å². The zero-order valence-electron chi connectivity index (χ0n) is 18.9. The van der Waals surface area contributed by atoms with E-state index in [-0.39, 0.29) is 11.7 Å². The number of methoxy groups -OCH3 is 1. The normalized spacial score (nSPS) is 14.9. The number of nitrogens with one attached hydrogen (secondary N) is 3. The minimum Gasteiger partial charge on any atom is -0.497 e. The highest BCUT2D eigenvalue weighted by Gasteiger charge is 2.31. The summed E-state index contributed by atoms with van der Waals surface area (Å²) in [6.07, 6.45) is 0. The number of fused-ring (bicyclic) bond motifs is 1. The van der Waals surface area contributed by atoms with Crippen LogP contribution in [0.5, 0.6) is 5.75 Å². The molecule has 0 bridgehead atoms. The molecule has 3 aromatic rings. The van der Waals surface area contributed by atoms with E-state index in [4.69, 9.17) is 16.3 Å². The van der Waals surface area contributed by atoms with Crippen molar-refractivity contribution in [2.75, 3.05) is 23.5 Å². The molecule has 1 aliphatic rings. The molecule has 0 saturated heterocycles. The summed E-state index contributed by atoms with van der Waals surface area (Å²) >= 11 is 6.08. The molecule has 0 aliphatic carbocycles.